The molecule has 0 radical (unpaired) electrons. The Labute approximate surface area is 217 Å². The van der Waals surface area contributed by atoms with Gasteiger partial charge in [-0.3, -0.25) is 14.9 Å². The van der Waals surface area contributed by atoms with Crippen LogP contribution in [0.25, 0.3) is 11.1 Å². The maximum absolute atomic E-state index is 12.8. The van der Waals surface area contributed by atoms with Gasteiger partial charge < -0.3 is 19.8 Å². The molecule has 0 saturated heterocycles. The molecule has 1 amide bonds. The second kappa shape index (κ2) is 13.7. The molecule has 0 saturated carbocycles. The Morgan fingerprint density at radius 1 is 0.919 bits per heavy atom. The topological polar surface area (TPSA) is 125 Å². The zero-order valence-corrected chi connectivity index (χ0v) is 21.7. The lowest BCUT2D eigenvalue weighted by molar-refractivity contribution is -0.137. The maximum atomic E-state index is 12.8. The molecular formula is C28H33N2O6P. The molecule has 37 heavy (non-hydrogen) atoms. The van der Waals surface area contributed by atoms with Crippen LogP contribution in [-0.4, -0.2) is 40.7 Å². The van der Waals surface area contributed by atoms with Gasteiger partial charge in [0.05, 0.1) is 12.5 Å². The Morgan fingerprint density at radius 2 is 1.54 bits per heavy atom. The molecule has 0 spiro atoms. The van der Waals surface area contributed by atoms with Gasteiger partial charge in [0.15, 0.2) is 0 Å². The predicted molar refractivity (Wildman–Crippen MR) is 144 cm³/mol. The fraction of sp³-hybridized carbons (Fsp3) is 0.286. The van der Waals surface area contributed by atoms with Crippen molar-refractivity contribution in [1.29, 1.82) is 0 Å². The van der Waals surface area contributed by atoms with Crippen molar-refractivity contribution in [2.24, 2.45) is 0 Å². The van der Waals surface area contributed by atoms with Crippen molar-refractivity contribution in [1.82, 2.24) is 10.6 Å². The third-order valence-electron chi connectivity index (χ3n) is 5.70. The minimum absolute atomic E-state index is 0.0450. The molecule has 3 aromatic carbocycles. The molecule has 8 nitrogen and oxygen atoms in total. The van der Waals surface area contributed by atoms with Crippen LogP contribution in [0.15, 0.2) is 78.9 Å². The summed E-state index contributed by atoms with van der Waals surface area (Å²) >= 11 is 0. The highest BCUT2D eigenvalue weighted by Crippen LogP contribution is 2.41. The van der Waals surface area contributed by atoms with Crippen LogP contribution in [0.4, 0.5) is 0 Å². The fourth-order valence-corrected chi connectivity index (χ4v) is 4.77. The first kappa shape index (κ1) is 28.1. The predicted octanol–water partition coefficient (Wildman–Crippen LogP) is 4.62. The van der Waals surface area contributed by atoms with Gasteiger partial charge in [-0.15, -0.1) is 0 Å². The number of carboxylic acid groups (broad SMARTS) is 1. The highest BCUT2D eigenvalue weighted by atomic mass is 31.2. The summed E-state index contributed by atoms with van der Waals surface area (Å²) in [4.78, 5) is 34.0. The lowest BCUT2D eigenvalue weighted by Gasteiger charge is -2.21. The van der Waals surface area contributed by atoms with Crippen molar-refractivity contribution < 1.29 is 28.7 Å². The number of amides is 1. The number of hydrogen-bond acceptors (Lipinski definition) is 5. The molecule has 0 aliphatic carbocycles. The molecule has 0 aliphatic rings. The second-order valence-corrected chi connectivity index (χ2v) is 10.5. The van der Waals surface area contributed by atoms with Gasteiger partial charge in [0.2, 0.25) is 5.91 Å². The Bertz CT molecular complexity index is 1200. The van der Waals surface area contributed by atoms with E-state index >= 15 is 0 Å². The van der Waals surface area contributed by atoms with E-state index in [-0.39, 0.29) is 25.1 Å². The number of carbonyl (C=O) groups excluding carboxylic acids is 1. The number of rotatable bonds is 14. The van der Waals surface area contributed by atoms with Gasteiger partial charge in [0, 0.05) is 6.54 Å². The van der Waals surface area contributed by atoms with Crippen molar-refractivity contribution in [3.05, 3.63) is 90.0 Å². The molecular weight excluding hydrogens is 491 g/mol. The van der Waals surface area contributed by atoms with E-state index in [0.717, 1.165) is 35.1 Å². The number of aliphatic carboxylic acids is 1. The summed E-state index contributed by atoms with van der Waals surface area (Å²) in [6, 6.07) is 23.7. The van der Waals surface area contributed by atoms with E-state index in [1.54, 1.807) is 12.1 Å². The minimum atomic E-state index is -4.12. The number of hydrogen-bond donors (Lipinski definition) is 4. The van der Waals surface area contributed by atoms with Crippen LogP contribution in [0.2, 0.25) is 0 Å². The van der Waals surface area contributed by atoms with Gasteiger partial charge >= 0.3 is 13.6 Å². The molecule has 0 fully saturated rings. The molecule has 0 aliphatic heterocycles. The van der Waals surface area contributed by atoms with E-state index in [1.807, 2.05) is 66.7 Å². The summed E-state index contributed by atoms with van der Waals surface area (Å²) < 4.78 is 18.1. The normalized spacial score (nSPS) is 13.4. The molecule has 4 N–H and O–H groups in total. The van der Waals surface area contributed by atoms with Crippen LogP contribution >= 0.6 is 7.60 Å². The molecule has 3 aromatic rings. The molecule has 9 heteroatoms. The molecule has 0 heterocycles. The number of carbonyl (C=O) groups is 2. The van der Waals surface area contributed by atoms with E-state index in [0.29, 0.717) is 0 Å². The molecule has 0 bridgehead atoms. The lowest BCUT2D eigenvalue weighted by atomic mass is 10.0. The van der Waals surface area contributed by atoms with Crippen molar-refractivity contribution in [3.8, 4) is 16.9 Å². The fourth-order valence-electron chi connectivity index (χ4n) is 3.80. The largest absolute Gasteiger partial charge is 0.481 e. The minimum Gasteiger partial charge on any atom is -0.481 e. The summed E-state index contributed by atoms with van der Waals surface area (Å²) in [6.45, 7) is 2.03. The average molecular weight is 525 g/mol. The summed E-state index contributed by atoms with van der Waals surface area (Å²) in [5.41, 5.74) is 4.04. The Morgan fingerprint density at radius 3 is 2.16 bits per heavy atom. The van der Waals surface area contributed by atoms with Crippen LogP contribution in [0.3, 0.4) is 0 Å². The first-order chi connectivity index (χ1) is 17.8. The zero-order chi connectivity index (χ0) is 26.7. The average Bonchev–Trinajstić information content (AvgIpc) is 2.88. The SMILES string of the molecule is CCCc1ccc(OP(=O)(O)CN[C@@H](Cc2ccc(-c3ccccc3)cc2)C(=O)NCCC(=O)O)cc1. The van der Waals surface area contributed by atoms with E-state index < -0.39 is 31.8 Å². The van der Waals surface area contributed by atoms with Crippen molar-refractivity contribution >= 4 is 19.5 Å². The summed E-state index contributed by atoms with van der Waals surface area (Å²) in [7, 11) is -4.12. The first-order valence-electron chi connectivity index (χ1n) is 12.2. The van der Waals surface area contributed by atoms with Gasteiger partial charge in [0.25, 0.3) is 0 Å². The third-order valence-corrected chi connectivity index (χ3v) is 6.78. The highest BCUT2D eigenvalue weighted by molar-refractivity contribution is 7.53. The third kappa shape index (κ3) is 9.50. The number of aryl methyl sites for hydroxylation is 1. The number of nitrogens with one attached hydrogen (secondary N) is 2. The molecule has 2 atom stereocenters. The van der Waals surface area contributed by atoms with Gasteiger partial charge in [-0.2, -0.15) is 0 Å². The van der Waals surface area contributed by atoms with Crippen molar-refractivity contribution in [2.45, 2.75) is 38.6 Å². The van der Waals surface area contributed by atoms with E-state index in [9.17, 15) is 19.0 Å². The summed E-state index contributed by atoms with van der Waals surface area (Å²) in [5.74, 6) is -1.22. The van der Waals surface area contributed by atoms with Gasteiger partial charge in [-0.1, -0.05) is 80.1 Å². The van der Waals surface area contributed by atoms with Crippen molar-refractivity contribution in [2.75, 3.05) is 12.8 Å². The van der Waals surface area contributed by atoms with Crippen LogP contribution < -0.4 is 15.2 Å². The highest BCUT2D eigenvalue weighted by Gasteiger charge is 2.26. The second-order valence-electron chi connectivity index (χ2n) is 8.74. The van der Waals surface area contributed by atoms with Crippen LogP contribution in [0.1, 0.15) is 30.9 Å². The Kier molecular flexibility index (Phi) is 10.4. The molecule has 0 aromatic heterocycles. The molecule has 1 unspecified atom stereocenters. The van der Waals surface area contributed by atoms with Gasteiger partial charge in [-0.05, 0) is 47.2 Å². The van der Waals surface area contributed by atoms with Crippen LogP contribution in [-0.2, 0) is 27.0 Å². The Balaban J connectivity index is 1.66. The maximum Gasteiger partial charge on any atom is 0.390 e. The smallest absolute Gasteiger partial charge is 0.390 e. The first-order valence-corrected chi connectivity index (χ1v) is 14.0. The monoisotopic (exact) mass is 524 g/mol. The number of carboxylic acids is 1. The lowest BCUT2D eigenvalue weighted by Crippen LogP contribution is -2.46. The van der Waals surface area contributed by atoms with E-state index in [2.05, 4.69) is 17.6 Å². The summed E-state index contributed by atoms with van der Waals surface area (Å²) in [6.07, 6.45) is 1.46. The molecule has 3 rings (SSSR count). The standard InChI is InChI=1S/C28H33N2O6P/c1-2-6-21-11-15-25(16-12-21)36-37(34,35)20-30-26(28(33)29-18-17-27(31)32)19-22-9-13-24(14-10-22)23-7-4-3-5-8-23/h3-5,7-16,26,30H,2,6,17-20H2,1H3,(H,29,33)(H,31,32)(H,34,35)/t26-/m0/s1. The Hall–Kier alpha value is -3.45. The number of benzene rings is 3. The van der Waals surface area contributed by atoms with Gasteiger partial charge in [0.1, 0.15) is 12.0 Å². The zero-order valence-electron chi connectivity index (χ0n) is 20.8. The van der Waals surface area contributed by atoms with Crippen LogP contribution in [0.5, 0.6) is 5.75 Å². The summed E-state index contributed by atoms with van der Waals surface area (Å²) in [5, 5.41) is 14.3. The van der Waals surface area contributed by atoms with Crippen molar-refractivity contribution in [3.63, 3.8) is 0 Å². The van der Waals surface area contributed by atoms with E-state index in [1.165, 1.54) is 0 Å². The van der Waals surface area contributed by atoms with Gasteiger partial charge in [-0.25, -0.2) is 4.57 Å². The van der Waals surface area contributed by atoms with Crippen LogP contribution in [0, 0.1) is 0 Å². The molecule has 196 valence electrons. The quantitative estimate of drug-likeness (QED) is 0.227. The van der Waals surface area contributed by atoms with E-state index in [4.69, 9.17) is 9.63 Å².